The van der Waals surface area contributed by atoms with E-state index < -0.39 is 11.6 Å². The number of anilines is 4. The van der Waals surface area contributed by atoms with Gasteiger partial charge < -0.3 is 10.6 Å². The second-order valence-electron chi connectivity index (χ2n) is 5.70. The van der Waals surface area contributed by atoms with Crippen LogP contribution in [0.25, 0.3) is 0 Å². The van der Waals surface area contributed by atoms with Crippen molar-refractivity contribution in [3.05, 3.63) is 71.4 Å². The highest BCUT2D eigenvalue weighted by atomic mass is 19.1. The Balaban J connectivity index is 1.84. The van der Waals surface area contributed by atoms with Crippen molar-refractivity contribution in [3.63, 3.8) is 0 Å². The lowest BCUT2D eigenvalue weighted by molar-refractivity contribution is 0.101. The van der Waals surface area contributed by atoms with Crippen molar-refractivity contribution in [2.45, 2.75) is 13.8 Å². The third-order valence-electron chi connectivity index (χ3n) is 3.62. The second-order valence-corrected chi connectivity index (χ2v) is 5.70. The molecule has 0 aliphatic rings. The van der Waals surface area contributed by atoms with E-state index >= 15 is 0 Å². The van der Waals surface area contributed by atoms with E-state index in [2.05, 4.69) is 20.6 Å². The normalized spacial score (nSPS) is 10.5. The molecule has 0 aliphatic heterocycles. The van der Waals surface area contributed by atoms with E-state index in [0.29, 0.717) is 16.9 Å². The van der Waals surface area contributed by atoms with Gasteiger partial charge in [0.1, 0.15) is 23.1 Å². The van der Waals surface area contributed by atoms with E-state index in [0.717, 1.165) is 12.1 Å². The van der Waals surface area contributed by atoms with E-state index in [1.807, 2.05) is 0 Å². The van der Waals surface area contributed by atoms with E-state index in [4.69, 9.17) is 0 Å². The van der Waals surface area contributed by atoms with Crippen LogP contribution in [0.3, 0.4) is 0 Å². The maximum Gasteiger partial charge on any atom is 0.229 e. The first-order valence-corrected chi connectivity index (χ1v) is 7.87. The number of Topliss-reactive ketones (excluding diaryl/α,β-unsaturated/α-hetero) is 1. The maximum absolute atomic E-state index is 13.8. The van der Waals surface area contributed by atoms with Crippen LogP contribution in [0.5, 0.6) is 0 Å². The molecule has 1 aromatic heterocycles. The van der Waals surface area contributed by atoms with Gasteiger partial charge in [-0.15, -0.1) is 0 Å². The molecule has 2 aromatic carbocycles. The van der Waals surface area contributed by atoms with Gasteiger partial charge in [-0.1, -0.05) is 6.07 Å². The van der Waals surface area contributed by atoms with E-state index in [-0.39, 0.29) is 23.2 Å². The number of hydrogen-bond donors (Lipinski definition) is 2. The SMILES string of the molecule is CC(=O)c1ccc(Nc2nc(C)cc(Nc3c(F)cccc3F)n2)cc1. The third-order valence-corrected chi connectivity index (χ3v) is 3.62. The molecule has 1 heterocycles. The summed E-state index contributed by atoms with van der Waals surface area (Å²) in [6.45, 7) is 3.24. The lowest BCUT2D eigenvalue weighted by Crippen LogP contribution is -2.04. The van der Waals surface area contributed by atoms with Crippen LogP contribution in [0.1, 0.15) is 23.0 Å². The summed E-state index contributed by atoms with van der Waals surface area (Å²) in [5, 5.41) is 5.65. The van der Waals surface area contributed by atoms with Crippen LogP contribution in [0, 0.1) is 18.6 Å². The van der Waals surface area contributed by atoms with Crippen LogP contribution >= 0.6 is 0 Å². The first kappa shape index (κ1) is 17.5. The summed E-state index contributed by atoms with van der Waals surface area (Å²) >= 11 is 0. The number of rotatable bonds is 5. The van der Waals surface area contributed by atoms with Crippen LogP contribution in [0.15, 0.2) is 48.5 Å². The Morgan fingerprint density at radius 2 is 1.62 bits per heavy atom. The lowest BCUT2D eigenvalue weighted by Gasteiger charge is -2.11. The van der Waals surface area contributed by atoms with Gasteiger partial charge in [-0.25, -0.2) is 13.8 Å². The van der Waals surface area contributed by atoms with E-state index in [9.17, 15) is 13.6 Å². The number of halogens is 2. The molecule has 7 heteroatoms. The number of para-hydroxylation sites is 1. The quantitative estimate of drug-likeness (QED) is 0.647. The standard InChI is InChI=1S/C19H16F2N4O/c1-11-10-17(24-18-15(20)4-3-5-16(18)21)25-19(22-11)23-14-8-6-13(7-9-14)12(2)26/h3-10H,1-2H3,(H2,22,23,24,25). The number of nitrogens with one attached hydrogen (secondary N) is 2. The molecule has 0 aliphatic carbocycles. The fourth-order valence-corrected chi connectivity index (χ4v) is 2.35. The van der Waals surface area contributed by atoms with Crippen LogP contribution in [0.2, 0.25) is 0 Å². The van der Waals surface area contributed by atoms with E-state index in [1.165, 1.54) is 13.0 Å². The molecule has 0 radical (unpaired) electrons. The predicted molar refractivity (Wildman–Crippen MR) is 96.1 cm³/mol. The van der Waals surface area contributed by atoms with Gasteiger partial charge in [0.2, 0.25) is 5.95 Å². The molecule has 0 amide bonds. The average molecular weight is 354 g/mol. The fourth-order valence-electron chi connectivity index (χ4n) is 2.35. The van der Waals surface area contributed by atoms with Gasteiger partial charge in [0.25, 0.3) is 0 Å². The number of aromatic nitrogens is 2. The molecule has 0 unspecified atom stereocenters. The van der Waals surface area contributed by atoms with Gasteiger partial charge in [0, 0.05) is 23.0 Å². The van der Waals surface area contributed by atoms with Crippen molar-refractivity contribution >= 4 is 28.9 Å². The average Bonchev–Trinajstić information content (AvgIpc) is 2.58. The summed E-state index contributed by atoms with van der Waals surface area (Å²) in [6, 6.07) is 12.0. The topological polar surface area (TPSA) is 66.9 Å². The largest absolute Gasteiger partial charge is 0.335 e. The third kappa shape index (κ3) is 4.00. The number of benzene rings is 2. The lowest BCUT2D eigenvalue weighted by atomic mass is 10.1. The van der Waals surface area contributed by atoms with Gasteiger partial charge in [0.05, 0.1) is 0 Å². The Morgan fingerprint density at radius 3 is 2.23 bits per heavy atom. The molecule has 3 rings (SSSR count). The Hall–Kier alpha value is -3.35. The minimum atomic E-state index is -0.712. The zero-order valence-corrected chi connectivity index (χ0v) is 14.2. The molecular weight excluding hydrogens is 338 g/mol. The molecule has 5 nitrogen and oxygen atoms in total. The Morgan fingerprint density at radius 1 is 0.962 bits per heavy atom. The van der Waals surface area contributed by atoms with Gasteiger partial charge in [-0.05, 0) is 50.2 Å². The van der Waals surface area contributed by atoms with Gasteiger partial charge in [-0.3, -0.25) is 4.79 Å². The molecule has 3 aromatic rings. The Labute approximate surface area is 149 Å². The smallest absolute Gasteiger partial charge is 0.229 e. The van der Waals surface area contributed by atoms with Crippen LogP contribution in [0.4, 0.5) is 31.9 Å². The predicted octanol–water partition coefficient (Wildman–Crippen LogP) is 4.75. The van der Waals surface area contributed by atoms with Crippen LogP contribution < -0.4 is 10.6 Å². The fraction of sp³-hybridized carbons (Fsp3) is 0.105. The highest BCUT2D eigenvalue weighted by Crippen LogP contribution is 2.24. The minimum absolute atomic E-state index is 0.0262. The summed E-state index contributed by atoms with van der Waals surface area (Å²) < 4.78 is 27.6. The monoisotopic (exact) mass is 354 g/mol. The summed E-state index contributed by atoms with van der Waals surface area (Å²) in [6.07, 6.45) is 0. The first-order valence-electron chi connectivity index (χ1n) is 7.87. The summed E-state index contributed by atoms with van der Waals surface area (Å²) in [5.41, 5.74) is 1.62. The molecule has 0 saturated carbocycles. The van der Waals surface area contributed by atoms with Crippen LogP contribution in [-0.2, 0) is 0 Å². The Kier molecular flexibility index (Phi) is 4.88. The number of hydrogen-bond acceptors (Lipinski definition) is 5. The zero-order valence-electron chi connectivity index (χ0n) is 14.2. The summed E-state index contributed by atoms with van der Waals surface area (Å²) in [4.78, 5) is 19.8. The van der Waals surface area contributed by atoms with Crippen LogP contribution in [-0.4, -0.2) is 15.8 Å². The maximum atomic E-state index is 13.8. The number of carbonyl (C=O) groups is 1. The molecule has 0 saturated heterocycles. The molecular formula is C19H16F2N4O. The summed E-state index contributed by atoms with van der Waals surface area (Å²) in [5.74, 6) is -0.933. The van der Waals surface area contributed by atoms with Crippen molar-refractivity contribution in [2.75, 3.05) is 10.6 Å². The molecule has 26 heavy (non-hydrogen) atoms. The zero-order chi connectivity index (χ0) is 18.7. The van der Waals surface area contributed by atoms with Crippen molar-refractivity contribution < 1.29 is 13.6 Å². The molecule has 132 valence electrons. The van der Waals surface area contributed by atoms with Crippen molar-refractivity contribution in [3.8, 4) is 0 Å². The van der Waals surface area contributed by atoms with Crippen molar-refractivity contribution in [1.29, 1.82) is 0 Å². The van der Waals surface area contributed by atoms with Gasteiger partial charge in [-0.2, -0.15) is 4.98 Å². The molecule has 2 N–H and O–H groups in total. The molecule has 0 fully saturated rings. The second kappa shape index (κ2) is 7.26. The molecule has 0 atom stereocenters. The minimum Gasteiger partial charge on any atom is -0.335 e. The van der Waals surface area contributed by atoms with Gasteiger partial charge >= 0.3 is 0 Å². The van der Waals surface area contributed by atoms with Crippen molar-refractivity contribution in [1.82, 2.24) is 9.97 Å². The highest BCUT2D eigenvalue weighted by molar-refractivity contribution is 5.94. The first-order chi connectivity index (χ1) is 12.4. The number of ketones is 1. The number of nitrogens with zero attached hydrogens (tertiary/aromatic N) is 2. The Bertz CT molecular complexity index is 938. The number of aryl methyl sites for hydroxylation is 1. The molecule has 0 spiro atoms. The van der Waals surface area contributed by atoms with Crippen molar-refractivity contribution in [2.24, 2.45) is 0 Å². The molecule has 0 bridgehead atoms. The number of carbonyl (C=O) groups excluding carboxylic acids is 1. The van der Waals surface area contributed by atoms with E-state index in [1.54, 1.807) is 37.3 Å². The highest BCUT2D eigenvalue weighted by Gasteiger charge is 2.11. The van der Waals surface area contributed by atoms with Gasteiger partial charge in [0.15, 0.2) is 5.78 Å². The summed E-state index contributed by atoms with van der Waals surface area (Å²) in [7, 11) is 0.